The fourth-order valence-corrected chi connectivity index (χ4v) is 7.25. The average Bonchev–Trinajstić information content (AvgIpc) is 3.31. The minimum atomic E-state index is -4.18. The number of rotatable bonds is 9. The predicted octanol–water partition coefficient (Wildman–Crippen LogP) is 5.52. The molecule has 1 aliphatic rings. The van der Waals surface area contributed by atoms with Gasteiger partial charge in [0.1, 0.15) is 10.5 Å². The monoisotopic (exact) mass is 621 g/mol. The summed E-state index contributed by atoms with van der Waals surface area (Å²) in [6.07, 6.45) is 4.50. The van der Waals surface area contributed by atoms with Gasteiger partial charge in [0.25, 0.3) is 25.2 Å². The molecule has 0 atom stereocenters. The molecule has 0 unspecified atom stereocenters. The van der Waals surface area contributed by atoms with Crippen molar-refractivity contribution in [2.45, 2.75) is 24.8 Å². The topological polar surface area (TPSA) is 116 Å². The number of anilines is 1. The van der Waals surface area contributed by atoms with Crippen LogP contribution in [-0.4, -0.2) is 44.0 Å². The number of fused-ring (bicyclic) bond motifs is 2. The summed E-state index contributed by atoms with van der Waals surface area (Å²) >= 11 is 15.3. The van der Waals surface area contributed by atoms with Crippen molar-refractivity contribution >= 4 is 88.5 Å². The number of aromatic nitrogens is 1. The third kappa shape index (κ3) is 7.27. The Balaban J connectivity index is 1.77. The van der Waals surface area contributed by atoms with Gasteiger partial charge >= 0.3 is 0 Å². The molecule has 4 rings (SSSR count). The summed E-state index contributed by atoms with van der Waals surface area (Å²) in [4.78, 5) is 2.71. The lowest BCUT2D eigenvalue weighted by Crippen LogP contribution is -2.38. The Kier molecular flexibility index (Phi) is 8.61. The highest BCUT2D eigenvalue weighted by molar-refractivity contribution is 8.03. The van der Waals surface area contributed by atoms with E-state index in [1.54, 1.807) is 33.7 Å². The van der Waals surface area contributed by atoms with E-state index in [0.29, 0.717) is 16.5 Å². The van der Waals surface area contributed by atoms with E-state index in [1.807, 2.05) is 31.2 Å². The van der Waals surface area contributed by atoms with Crippen molar-refractivity contribution in [2.24, 2.45) is 0 Å². The molecule has 0 fully saturated rings. The van der Waals surface area contributed by atoms with Crippen LogP contribution in [0.4, 0.5) is 5.69 Å². The molecule has 1 aromatic heterocycles. The SMILES string of the molecule is CCC(/C=C1\Sc2ccc(Cl)cc2N1CCS(=O)(=O)O)=C\c1sc2ccc(Cl)cc2[n+]1CCS(=O)(=O)O. The van der Waals surface area contributed by atoms with E-state index in [1.165, 1.54) is 23.1 Å². The van der Waals surface area contributed by atoms with Crippen molar-refractivity contribution in [1.82, 2.24) is 0 Å². The van der Waals surface area contributed by atoms with Crippen LogP contribution in [0.1, 0.15) is 18.4 Å². The van der Waals surface area contributed by atoms with E-state index in [2.05, 4.69) is 0 Å². The molecule has 14 heteroatoms. The van der Waals surface area contributed by atoms with Crippen molar-refractivity contribution in [2.75, 3.05) is 23.0 Å². The lowest BCUT2D eigenvalue weighted by molar-refractivity contribution is -0.664. The molecule has 0 aliphatic carbocycles. The van der Waals surface area contributed by atoms with E-state index in [0.717, 1.165) is 36.4 Å². The van der Waals surface area contributed by atoms with Crippen LogP contribution in [0.5, 0.6) is 0 Å². The minimum absolute atomic E-state index is 0.0394. The summed E-state index contributed by atoms with van der Waals surface area (Å²) in [6, 6.07) is 10.7. The minimum Gasteiger partial charge on any atom is -0.334 e. The Morgan fingerprint density at radius 2 is 1.70 bits per heavy atom. The molecule has 2 aromatic carbocycles. The maximum absolute atomic E-state index is 11.5. The van der Waals surface area contributed by atoms with Gasteiger partial charge in [0.05, 0.1) is 16.5 Å². The second kappa shape index (κ2) is 11.2. The van der Waals surface area contributed by atoms with Crippen LogP contribution in [0.15, 0.2) is 58.0 Å². The van der Waals surface area contributed by atoms with Gasteiger partial charge in [-0.15, -0.1) is 0 Å². The molecular formula is C23H23Cl2N2O6S4+. The van der Waals surface area contributed by atoms with Crippen LogP contribution >= 0.6 is 46.3 Å². The maximum Gasteiger partial charge on any atom is 0.271 e. The van der Waals surface area contributed by atoms with E-state index < -0.39 is 31.7 Å². The summed E-state index contributed by atoms with van der Waals surface area (Å²) in [5, 5.41) is 2.55. The standard InChI is InChI=1S/C23H22Cl2N2O6S4/c1-2-15(11-22-26(7-9-36(28,29)30)18-13-16(24)3-5-20(18)34-22)12-23-27(8-10-37(31,32)33)19-14-17(25)4-6-21(19)35-23/h3-6,11-14H,2,7-10H2,1H3,(H-,28,29,30,31,32,33)/p+1. The fourth-order valence-electron chi connectivity index (χ4n) is 3.80. The Labute approximate surface area is 233 Å². The zero-order chi connectivity index (χ0) is 27.0. The third-order valence-electron chi connectivity index (χ3n) is 5.56. The largest absolute Gasteiger partial charge is 0.334 e. The van der Waals surface area contributed by atoms with Crippen LogP contribution in [0.3, 0.4) is 0 Å². The molecule has 0 radical (unpaired) electrons. The number of hydrogen-bond donors (Lipinski definition) is 2. The van der Waals surface area contributed by atoms with E-state index in [4.69, 9.17) is 23.2 Å². The molecule has 0 bridgehead atoms. The average molecular weight is 623 g/mol. The molecule has 0 spiro atoms. The summed E-state index contributed by atoms with van der Waals surface area (Å²) < 4.78 is 67.2. The zero-order valence-corrected chi connectivity index (χ0v) is 24.2. The first-order valence-electron chi connectivity index (χ1n) is 11.0. The van der Waals surface area contributed by atoms with E-state index in [9.17, 15) is 25.9 Å². The molecule has 2 heterocycles. The number of thiazole rings is 1. The molecule has 2 N–H and O–H groups in total. The van der Waals surface area contributed by atoms with Crippen LogP contribution in [0.2, 0.25) is 10.0 Å². The molecule has 0 saturated carbocycles. The Bertz CT molecular complexity index is 1630. The Morgan fingerprint density at radius 3 is 2.38 bits per heavy atom. The summed E-state index contributed by atoms with van der Waals surface area (Å²) in [6.45, 7) is 2.05. The highest BCUT2D eigenvalue weighted by Gasteiger charge is 2.27. The molecule has 198 valence electrons. The number of nitrogens with zero attached hydrogens (tertiary/aromatic N) is 2. The molecule has 3 aromatic rings. The lowest BCUT2D eigenvalue weighted by Gasteiger charge is -2.20. The summed E-state index contributed by atoms with van der Waals surface area (Å²) in [7, 11) is -8.36. The first kappa shape index (κ1) is 28.4. The smallest absolute Gasteiger partial charge is 0.271 e. The molecule has 0 amide bonds. The van der Waals surface area contributed by atoms with Crippen LogP contribution in [0.25, 0.3) is 16.3 Å². The fraction of sp³-hybridized carbons (Fsp3) is 0.261. The van der Waals surface area contributed by atoms with Gasteiger partial charge in [-0.1, -0.05) is 53.2 Å². The van der Waals surface area contributed by atoms with Crippen LogP contribution in [-0.2, 0) is 26.8 Å². The Hall–Kier alpha value is -1.64. The van der Waals surface area contributed by atoms with Gasteiger partial charge in [-0.3, -0.25) is 9.11 Å². The second-order valence-electron chi connectivity index (χ2n) is 8.20. The summed E-state index contributed by atoms with van der Waals surface area (Å²) in [5.74, 6) is -0.899. The van der Waals surface area contributed by atoms with Gasteiger partial charge in [0.15, 0.2) is 6.54 Å². The van der Waals surface area contributed by atoms with Gasteiger partial charge in [-0.05, 0) is 48.4 Å². The first-order valence-corrected chi connectivity index (χ1v) is 16.6. The molecule has 37 heavy (non-hydrogen) atoms. The van der Waals surface area contributed by atoms with Crippen molar-refractivity contribution in [3.05, 3.63) is 68.1 Å². The van der Waals surface area contributed by atoms with Gasteiger partial charge in [-0.2, -0.15) is 21.4 Å². The Morgan fingerprint density at radius 1 is 1.03 bits per heavy atom. The molecule has 1 aliphatic heterocycles. The normalized spacial score (nSPS) is 15.6. The van der Waals surface area contributed by atoms with Crippen molar-refractivity contribution in [3.8, 4) is 0 Å². The van der Waals surface area contributed by atoms with Crippen molar-refractivity contribution in [3.63, 3.8) is 0 Å². The highest BCUT2D eigenvalue weighted by Crippen LogP contribution is 2.47. The van der Waals surface area contributed by atoms with Gasteiger partial charge < -0.3 is 4.90 Å². The summed E-state index contributed by atoms with van der Waals surface area (Å²) in [5.41, 5.74) is 2.40. The van der Waals surface area contributed by atoms with Crippen molar-refractivity contribution < 1.29 is 30.5 Å². The van der Waals surface area contributed by atoms with E-state index in [-0.39, 0.29) is 13.1 Å². The quantitative estimate of drug-likeness (QED) is 0.237. The zero-order valence-electron chi connectivity index (χ0n) is 19.5. The number of benzene rings is 2. The third-order valence-corrected chi connectivity index (χ3v) is 9.65. The molecule has 8 nitrogen and oxygen atoms in total. The van der Waals surface area contributed by atoms with Crippen LogP contribution < -0.4 is 9.47 Å². The van der Waals surface area contributed by atoms with Gasteiger partial charge in [0, 0.05) is 33.6 Å². The van der Waals surface area contributed by atoms with Crippen molar-refractivity contribution in [1.29, 1.82) is 0 Å². The predicted molar refractivity (Wildman–Crippen MR) is 151 cm³/mol. The maximum atomic E-state index is 11.5. The van der Waals surface area contributed by atoms with Crippen LogP contribution in [0, 0.1) is 0 Å². The number of thioether (sulfide) groups is 1. The van der Waals surface area contributed by atoms with E-state index >= 15 is 0 Å². The highest BCUT2D eigenvalue weighted by atomic mass is 35.5. The second-order valence-corrected chi connectivity index (χ2v) is 14.3. The number of halogens is 2. The van der Waals surface area contributed by atoms with Gasteiger partial charge in [0.2, 0.25) is 5.52 Å². The first-order chi connectivity index (χ1) is 17.3. The number of allylic oxidation sites excluding steroid dienone is 2. The number of aryl methyl sites for hydroxylation is 1. The molecular weight excluding hydrogens is 599 g/mol. The van der Waals surface area contributed by atoms with Gasteiger partial charge in [-0.25, -0.2) is 0 Å². The number of hydrogen-bond acceptors (Lipinski definition) is 7. The lowest BCUT2D eigenvalue weighted by atomic mass is 10.2. The molecule has 0 saturated heterocycles.